The van der Waals surface area contributed by atoms with E-state index in [-0.39, 0.29) is 18.1 Å². The summed E-state index contributed by atoms with van der Waals surface area (Å²) in [5.74, 6) is -0.596. The highest BCUT2D eigenvalue weighted by molar-refractivity contribution is 7.12. The molecule has 0 spiro atoms. The average molecular weight is 301 g/mol. The summed E-state index contributed by atoms with van der Waals surface area (Å²) >= 11 is 1.47. The minimum atomic E-state index is -0.378. The first-order valence-electron chi connectivity index (χ1n) is 6.34. The first kappa shape index (κ1) is 13.5. The SMILES string of the molecule is O=C(Cc1csc(-n2cccc2)n1)Nc1cccc(F)c1. The maximum Gasteiger partial charge on any atom is 0.230 e. The van der Waals surface area contributed by atoms with E-state index in [0.29, 0.717) is 11.4 Å². The van der Waals surface area contributed by atoms with E-state index >= 15 is 0 Å². The number of carbonyl (C=O) groups is 1. The fraction of sp³-hybridized carbons (Fsp3) is 0.0667. The molecule has 0 unspecified atom stereocenters. The van der Waals surface area contributed by atoms with Gasteiger partial charge in [-0.3, -0.25) is 4.79 Å². The Labute approximate surface area is 124 Å². The molecule has 1 N–H and O–H groups in total. The lowest BCUT2D eigenvalue weighted by molar-refractivity contribution is -0.115. The van der Waals surface area contributed by atoms with Crippen LogP contribution in [0.2, 0.25) is 0 Å². The lowest BCUT2D eigenvalue weighted by Gasteiger charge is -2.03. The predicted molar refractivity (Wildman–Crippen MR) is 80.2 cm³/mol. The number of aromatic nitrogens is 2. The van der Waals surface area contributed by atoms with Gasteiger partial charge < -0.3 is 9.88 Å². The molecule has 0 aliphatic heterocycles. The molecule has 2 heterocycles. The van der Waals surface area contributed by atoms with Crippen LogP contribution in [0, 0.1) is 5.82 Å². The molecule has 21 heavy (non-hydrogen) atoms. The predicted octanol–water partition coefficient (Wildman–Crippen LogP) is 3.25. The summed E-state index contributed by atoms with van der Waals surface area (Å²) < 4.78 is 14.9. The molecule has 2 aromatic heterocycles. The molecule has 3 aromatic rings. The second-order valence-electron chi connectivity index (χ2n) is 4.45. The molecule has 106 valence electrons. The molecule has 0 saturated carbocycles. The first-order chi connectivity index (χ1) is 10.2. The summed E-state index contributed by atoms with van der Waals surface area (Å²) in [5, 5.41) is 5.32. The van der Waals surface area contributed by atoms with Gasteiger partial charge in [0, 0.05) is 23.5 Å². The van der Waals surface area contributed by atoms with Crippen LogP contribution in [0.5, 0.6) is 0 Å². The summed E-state index contributed by atoms with van der Waals surface area (Å²) in [4.78, 5) is 16.3. The summed E-state index contributed by atoms with van der Waals surface area (Å²) in [6.07, 6.45) is 3.96. The molecule has 3 rings (SSSR count). The molecule has 4 nitrogen and oxygen atoms in total. The van der Waals surface area contributed by atoms with E-state index in [1.807, 2.05) is 34.5 Å². The smallest absolute Gasteiger partial charge is 0.230 e. The van der Waals surface area contributed by atoms with Crippen LogP contribution in [-0.2, 0) is 11.2 Å². The number of benzene rings is 1. The van der Waals surface area contributed by atoms with E-state index in [4.69, 9.17) is 0 Å². The van der Waals surface area contributed by atoms with Crippen LogP contribution in [0.1, 0.15) is 5.69 Å². The zero-order valence-electron chi connectivity index (χ0n) is 11.0. The number of hydrogen-bond acceptors (Lipinski definition) is 3. The topological polar surface area (TPSA) is 46.9 Å². The van der Waals surface area contributed by atoms with Gasteiger partial charge in [0.2, 0.25) is 5.91 Å². The van der Waals surface area contributed by atoms with E-state index in [0.717, 1.165) is 5.13 Å². The molecule has 0 bridgehead atoms. The van der Waals surface area contributed by atoms with Crippen molar-refractivity contribution in [1.29, 1.82) is 0 Å². The number of rotatable bonds is 4. The lowest BCUT2D eigenvalue weighted by atomic mass is 10.3. The Balaban J connectivity index is 1.65. The highest BCUT2D eigenvalue weighted by Gasteiger charge is 2.09. The maximum absolute atomic E-state index is 13.0. The highest BCUT2D eigenvalue weighted by atomic mass is 32.1. The summed E-state index contributed by atoms with van der Waals surface area (Å²) in [7, 11) is 0. The summed E-state index contributed by atoms with van der Waals surface area (Å²) in [6, 6.07) is 9.64. The Bertz CT molecular complexity index is 752. The monoisotopic (exact) mass is 301 g/mol. The van der Waals surface area contributed by atoms with Gasteiger partial charge in [-0.15, -0.1) is 11.3 Å². The van der Waals surface area contributed by atoms with Gasteiger partial charge in [0.15, 0.2) is 5.13 Å². The highest BCUT2D eigenvalue weighted by Crippen LogP contribution is 2.16. The maximum atomic E-state index is 13.0. The van der Waals surface area contributed by atoms with Crippen molar-refractivity contribution in [3.05, 3.63) is 65.7 Å². The molecule has 0 fully saturated rings. The molecule has 0 radical (unpaired) electrons. The molecule has 6 heteroatoms. The van der Waals surface area contributed by atoms with Crippen LogP contribution in [0.4, 0.5) is 10.1 Å². The van der Waals surface area contributed by atoms with E-state index < -0.39 is 0 Å². The van der Waals surface area contributed by atoms with Crippen LogP contribution < -0.4 is 5.32 Å². The van der Waals surface area contributed by atoms with Gasteiger partial charge >= 0.3 is 0 Å². The van der Waals surface area contributed by atoms with Gasteiger partial charge in [-0.2, -0.15) is 0 Å². The summed E-state index contributed by atoms with van der Waals surface area (Å²) in [6.45, 7) is 0. The van der Waals surface area contributed by atoms with Gasteiger partial charge in [-0.1, -0.05) is 6.07 Å². The molecular weight excluding hydrogens is 289 g/mol. The number of thiazole rings is 1. The first-order valence-corrected chi connectivity index (χ1v) is 7.22. The Kier molecular flexibility index (Phi) is 3.79. The van der Waals surface area contributed by atoms with Crippen molar-refractivity contribution in [2.75, 3.05) is 5.32 Å². The average Bonchev–Trinajstić information content (AvgIpc) is 3.08. The van der Waals surface area contributed by atoms with Crippen molar-refractivity contribution in [1.82, 2.24) is 9.55 Å². The molecule has 1 aromatic carbocycles. The number of anilines is 1. The van der Waals surface area contributed by atoms with Crippen LogP contribution in [0.15, 0.2) is 54.2 Å². The van der Waals surface area contributed by atoms with Gasteiger partial charge in [-0.05, 0) is 30.3 Å². The molecular formula is C15H12FN3OS. The van der Waals surface area contributed by atoms with E-state index in [1.54, 1.807) is 12.1 Å². The van der Waals surface area contributed by atoms with Crippen molar-refractivity contribution in [2.45, 2.75) is 6.42 Å². The fourth-order valence-corrected chi connectivity index (χ4v) is 2.68. The van der Waals surface area contributed by atoms with Crippen molar-refractivity contribution in [3.8, 4) is 5.13 Å². The number of nitrogens with zero attached hydrogens (tertiary/aromatic N) is 2. The zero-order valence-corrected chi connectivity index (χ0v) is 11.8. The van der Waals surface area contributed by atoms with Crippen LogP contribution in [0.3, 0.4) is 0 Å². The molecule has 0 atom stereocenters. The number of halogens is 1. The van der Waals surface area contributed by atoms with E-state index in [2.05, 4.69) is 10.3 Å². The standard InChI is InChI=1S/C15H12FN3OS/c16-11-4-3-5-12(8-11)17-14(20)9-13-10-21-15(18-13)19-6-1-2-7-19/h1-8,10H,9H2,(H,17,20). The molecule has 0 aliphatic rings. The minimum absolute atomic E-state index is 0.161. The number of carbonyl (C=O) groups excluding carboxylic acids is 1. The van der Waals surface area contributed by atoms with Crippen LogP contribution in [-0.4, -0.2) is 15.5 Å². The fourth-order valence-electron chi connectivity index (χ4n) is 1.89. The van der Waals surface area contributed by atoms with Gasteiger partial charge in [0.05, 0.1) is 12.1 Å². The third-order valence-electron chi connectivity index (χ3n) is 2.82. The normalized spacial score (nSPS) is 10.5. The zero-order chi connectivity index (χ0) is 14.7. The third kappa shape index (κ3) is 3.35. The molecule has 1 amide bonds. The van der Waals surface area contributed by atoms with Crippen molar-refractivity contribution >= 4 is 22.9 Å². The van der Waals surface area contributed by atoms with Crippen LogP contribution in [0.25, 0.3) is 5.13 Å². The Morgan fingerprint density at radius 1 is 1.29 bits per heavy atom. The Hall–Kier alpha value is -2.47. The number of amides is 1. The van der Waals surface area contributed by atoms with Crippen molar-refractivity contribution in [2.24, 2.45) is 0 Å². The second-order valence-corrected chi connectivity index (χ2v) is 5.28. The quantitative estimate of drug-likeness (QED) is 0.804. The summed E-state index contributed by atoms with van der Waals surface area (Å²) in [5.41, 5.74) is 1.14. The van der Waals surface area contributed by atoms with Gasteiger partial charge in [0.25, 0.3) is 0 Å². The minimum Gasteiger partial charge on any atom is -0.326 e. The largest absolute Gasteiger partial charge is 0.326 e. The van der Waals surface area contributed by atoms with Crippen molar-refractivity contribution < 1.29 is 9.18 Å². The Morgan fingerprint density at radius 3 is 2.86 bits per heavy atom. The second kappa shape index (κ2) is 5.88. The van der Waals surface area contributed by atoms with Crippen LogP contribution >= 0.6 is 11.3 Å². The number of hydrogen-bond donors (Lipinski definition) is 1. The molecule has 0 aliphatic carbocycles. The Morgan fingerprint density at radius 2 is 2.10 bits per heavy atom. The van der Waals surface area contributed by atoms with E-state index in [1.165, 1.54) is 23.5 Å². The van der Waals surface area contributed by atoms with Crippen molar-refractivity contribution in [3.63, 3.8) is 0 Å². The van der Waals surface area contributed by atoms with Gasteiger partial charge in [0.1, 0.15) is 5.82 Å². The number of nitrogens with one attached hydrogen (secondary N) is 1. The lowest BCUT2D eigenvalue weighted by Crippen LogP contribution is -2.14. The molecule has 0 saturated heterocycles. The third-order valence-corrected chi connectivity index (χ3v) is 3.72. The van der Waals surface area contributed by atoms with E-state index in [9.17, 15) is 9.18 Å². The van der Waals surface area contributed by atoms with Gasteiger partial charge in [-0.25, -0.2) is 9.37 Å².